The number of fused-ring (bicyclic) bond motifs is 1. The molecule has 8 nitrogen and oxygen atoms in total. The molecule has 1 aliphatic rings. The van der Waals surface area contributed by atoms with E-state index in [-0.39, 0.29) is 31.8 Å². The molecule has 3 aromatic rings. The third-order valence-electron chi connectivity index (χ3n) is 4.94. The summed E-state index contributed by atoms with van der Waals surface area (Å²) in [4.78, 5) is 12.8. The van der Waals surface area contributed by atoms with Crippen LogP contribution >= 0.6 is 11.6 Å². The molecule has 0 saturated carbocycles. The van der Waals surface area contributed by atoms with Gasteiger partial charge in [-0.3, -0.25) is 4.79 Å². The van der Waals surface area contributed by atoms with E-state index >= 15 is 0 Å². The van der Waals surface area contributed by atoms with Crippen molar-refractivity contribution >= 4 is 17.5 Å². The standard InChI is InChI=1S/C23H24ClN3O5/c1-14(2)22-19(11-26-27(22)16-5-3-4-15(24)8-16)23(29)25-10-17(28)12-30-18-6-7-20-21(9-18)32-13-31-20/h3-9,11,14,17,28H,10,12-13H2,1-2H3,(H,25,29). The van der Waals surface area contributed by atoms with Crippen molar-refractivity contribution in [3.05, 3.63) is 64.9 Å². The van der Waals surface area contributed by atoms with Crippen LogP contribution in [0.1, 0.15) is 35.8 Å². The third kappa shape index (κ3) is 4.81. The van der Waals surface area contributed by atoms with Crippen LogP contribution in [-0.2, 0) is 0 Å². The lowest BCUT2D eigenvalue weighted by atomic mass is 10.0. The van der Waals surface area contributed by atoms with Crippen molar-refractivity contribution in [2.24, 2.45) is 0 Å². The summed E-state index contributed by atoms with van der Waals surface area (Å²) in [6.07, 6.45) is 0.635. The van der Waals surface area contributed by atoms with E-state index < -0.39 is 6.10 Å². The Hall–Kier alpha value is -3.23. The fourth-order valence-corrected chi connectivity index (χ4v) is 3.61. The second-order valence-corrected chi connectivity index (χ2v) is 8.12. The molecule has 0 radical (unpaired) electrons. The molecule has 2 N–H and O–H groups in total. The summed E-state index contributed by atoms with van der Waals surface area (Å²) in [6, 6.07) is 12.5. The van der Waals surface area contributed by atoms with Gasteiger partial charge in [0.25, 0.3) is 5.91 Å². The molecule has 1 unspecified atom stereocenters. The molecule has 0 aliphatic carbocycles. The highest BCUT2D eigenvalue weighted by Gasteiger charge is 2.22. The highest BCUT2D eigenvalue weighted by Crippen LogP contribution is 2.35. The molecule has 1 aliphatic heterocycles. The SMILES string of the molecule is CC(C)c1c(C(=O)NCC(O)COc2ccc3c(c2)OCO3)cnn1-c1cccc(Cl)c1. The minimum absolute atomic E-state index is 0.0126. The number of hydrogen-bond donors (Lipinski definition) is 2. The van der Waals surface area contributed by atoms with Crippen LogP contribution in [0.5, 0.6) is 17.2 Å². The number of nitrogens with zero attached hydrogens (tertiary/aromatic N) is 2. The Bertz CT molecular complexity index is 1110. The highest BCUT2D eigenvalue weighted by molar-refractivity contribution is 6.30. The van der Waals surface area contributed by atoms with Crippen molar-refractivity contribution in [3.63, 3.8) is 0 Å². The van der Waals surface area contributed by atoms with Crippen LogP contribution in [0.3, 0.4) is 0 Å². The zero-order chi connectivity index (χ0) is 22.7. The lowest BCUT2D eigenvalue weighted by molar-refractivity contribution is 0.0842. The number of aliphatic hydroxyl groups is 1. The summed E-state index contributed by atoms with van der Waals surface area (Å²) >= 11 is 6.11. The zero-order valence-electron chi connectivity index (χ0n) is 17.7. The number of nitrogens with one attached hydrogen (secondary N) is 1. The summed E-state index contributed by atoms with van der Waals surface area (Å²) in [6.45, 7) is 4.20. The van der Waals surface area contributed by atoms with Crippen LogP contribution in [0.2, 0.25) is 5.02 Å². The molecule has 1 amide bonds. The van der Waals surface area contributed by atoms with Gasteiger partial charge in [-0.25, -0.2) is 4.68 Å². The predicted octanol–water partition coefficient (Wildman–Crippen LogP) is 3.55. The van der Waals surface area contributed by atoms with Crippen LogP contribution in [0.4, 0.5) is 0 Å². The summed E-state index contributed by atoms with van der Waals surface area (Å²) < 4.78 is 17.9. The van der Waals surface area contributed by atoms with Crippen LogP contribution in [0.15, 0.2) is 48.7 Å². The van der Waals surface area contributed by atoms with E-state index in [1.54, 1.807) is 35.0 Å². The van der Waals surface area contributed by atoms with Gasteiger partial charge in [-0.1, -0.05) is 31.5 Å². The van der Waals surface area contributed by atoms with Gasteiger partial charge >= 0.3 is 0 Å². The van der Waals surface area contributed by atoms with Crippen molar-refractivity contribution in [1.82, 2.24) is 15.1 Å². The summed E-state index contributed by atoms with van der Waals surface area (Å²) in [5.41, 5.74) is 1.98. The first kappa shape index (κ1) is 22.0. The van der Waals surface area contributed by atoms with Gasteiger partial charge in [0.15, 0.2) is 11.5 Å². The van der Waals surface area contributed by atoms with Crippen molar-refractivity contribution < 1.29 is 24.1 Å². The van der Waals surface area contributed by atoms with Gasteiger partial charge < -0.3 is 24.6 Å². The van der Waals surface area contributed by atoms with Crippen LogP contribution in [0.25, 0.3) is 5.69 Å². The van der Waals surface area contributed by atoms with Crippen molar-refractivity contribution in [3.8, 4) is 22.9 Å². The van der Waals surface area contributed by atoms with E-state index in [2.05, 4.69) is 10.4 Å². The number of carbonyl (C=O) groups excluding carboxylic acids is 1. The van der Waals surface area contributed by atoms with E-state index in [0.717, 1.165) is 11.4 Å². The Kier molecular flexibility index (Phi) is 6.53. The Labute approximate surface area is 190 Å². The molecule has 0 bridgehead atoms. The van der Waals surface area contributed by atoms with Crippen LogP contribution in [-0.4, -0.2) is 46.8 Å². The lowest BCUT2D eigenvalue weighted by Gasteiger charge is -2.15. The number of rotatable bonds is 8. The number of ether oxygens (including phenoxy) is 3. The fourth-order valence-electron chi connectivity index (χ4n) is 3.43. The summed E-state index contributed by atoms with van der Waals surface area (Å²) in [5, 5.41) is 18.0. The second-order valence-electron chi connectivity index (χ2n) is 7.68. The first-order chi connectivity index (χ1) is 15.4. The summed E-state index contributed by atoms with van der Waals surface area (Å²) in [5.74, 6) is 1.53. The average molecular weight is 458 g/mol. The third-order valence-corrected chi connectivity index (χ3v) is 5.17. The smallest absolute Gasteiger partial charge is 0.254 e. The fraction of sp³-hybridized carbons (Fsp3) is 0.304. The van der Waals surface area contributed by atoms with Gasteiger partial charge in [-0.05, 0) is 36.2 Å². The Morgan fingerprint density at radius 2 is 2.06 bits per heavy atom. The maximum Gasteiger partial charge on any atom is 0.254 e. The molecular weight excluding hydrogens is 434 g/mol. The molecule has 0 spiro atoms. The van der Waals surface area contributed by atoms with Gasteiger partial charge in [0.2, 0.25) is 6.79 Å². The Balaban J connectivity index is 1.37. The van der Waals surface area contributed by atoms with Crippen molar-refractivity contribution in [2.45, 2.75) is 25.9 Å². The lowest BCUT2D eigenvalue weighted by Crippen LogP contribution is -2.35. The maximum atomic E-state index is 12.8. The molecule has 1 aromatic heterocycles. The molecule has 4 rings (SSSR count). The summed E-state index contributed by atoms with van der Waals surface area (Å²) in [7, 11) is 0. The van der Waals surface area contributed by atoms with Gasteiger partial charge in [-0.2, -0.15) is 5.10 Å². The average Bonchev–Trinajstić information content (AvgIpc) is 3.42. The van der Waals surface area contributed by atoms with Crippen molar-refractivity contribution in [2.75, 3.05) is 19.9 Å². The number of benzene rings is 2. The van der Waals surface area contributed by atoms with Gasteiger partial charge in [-0.15, -0.1) is 0 Å². The quantitative estimate of drug-likeness (QED) is 0.537. The van der Waals surface area contributed by atoms with Crippen LogP contribution < -0.4 is 19.5 Å². The van der Waals surface area contributed by atoms with Gasteiger partial charge in [0.05, 0.1) is 23.1 Å². The minimum Gasteiger partial charge on any atom is -0.491 e. The molecular formula is C23H24ClN3O5. The maximum absolute atomic E-state index is 12.8. The minimum atomic E-state index is -0.894. The molecule has 0 saturated heterocycles. The number of aromatic nitrogens is 2. The molecule has 32 heavy (non-hydrogen) atoms. The number of carbonyl (C=O) groups is 1. The van der Waals surface area contributed by atoms with Crippen LogP contribution in [0, 0.1) is 0 Å². The van der Waals surface area contributed by atoms with Gasteiger partial charge in [0.1, 0.15) is 18.5 Å². The first-order valence-electron chi connectivity index (χ1n) is 10.2. The monoisotopic (exact) mass is 457 g/mol. The van der Waals surface area contributed by atoms with E-state index in [0.29, 0.717) is 27.8 Å². The number of halogens is 1. The molecule has 0 fully saturated rings. The molecule has 2 heterocycles. The van der Waals surface area contributed by atoms with E-state index in [9.17, 15) is 9.90 Å². The Morgan fingerprint density at radius 1 is 1.25 bits per heavy atom. The first-order valence-corrected chi connectivity index (χ1v) is 10.6. The largest absolute Gasteiger partial charge is 0.491 e. The second kappa shape index (κ2) is 9.50. The van der Waals surface area contributed by atoms with E-state index in [1.165, 1.54) is 6.20 Å². The number of hydrogen-bond acceptors (Lipinski definition) is 6. The molecule has 9 heteroatoms. The Morgan fingerprint density at radius 3 is 2.84 bits per heavy atom. The normalized spacial score (nSPS) is 13.3. The number of amides is 1. The molecule has 1 atom stereocenters. The zero-order valence-corrected chi connectivity index (χ0v) is 18.5. The van der Waals surface area contributed by atoms with Gasteiger partial charge in [0, 0.05) is 17.6 Å². The number of aliphatic hydroxyl groups excluding tert-OH is 1. The topological polar surface area (TPSA) is 94.8 Å². The van der Waals surface area contributed by atoms with Crippen molar-refractivity contribution in [1.29, 1.82) is 0 Å². The van der Waals surface area contributed by atoms with E-state index in [4.69, 9.17) is 25.8 Å². The predicted molar refractivity (Wildman–Crippen MR) is 119 cm³/mol. The highest BCUT2D eigenvalue weighted by atomic mass is 35.5. The molecule has 168 valence electrons. The van der Waals surface area contributed by atoms with E-state index in [1.807, 2.05) is 26.0 Å². The molecule has 2 aromatic carbocycles.